The Morgan fingerprint density at radius 2 is 2.15 bits per heavy atom. The first-order chi connectivity index (χ1) is 9.63. The van der Waals surface area contributed by atoms with Gasteiger partial charge in [-0.05, 0) is 31.2 Å². The van der Waals surface area contributed by atoms with Crippen LogP contribution >= 0.6 is 11.8 Å². The fourth-order valence-electron chi connectivity index (χ4n) is 2.14. The Morgan fingerprint density at radius 3 is 2.80 bits per heavy atom. The lowest BCUT2D eigenvalue weighted by atomic mass is 10.2. The van der Waals surface area contributed by atoms with Gasteiger partial charge in [-0.1, -0.05) is 12.1 Å². The summed E-state index contributed by atoms with van der Waals surface area (Å²) in [4.78, 5) is 19.3. The van der Waals surface area contributed by atoms with E-state index in [0.29, 0.717) is 11.3 Å². The van der Waals surface area contributed by atoms with Crippen LogP contribution in [0.1, 0.15) is 23.5 Å². The molecule has 0 amide bonds. The van der Waals surface area contributed by atoms with Crippen molar-refractivity contribution >= 4 is 34.5 Å². The molecule has 0 radical (unpaired) electrons. The van der Waals surface area contributed by atoms with E-state index >= 15 is 0 Å². The number of rotatable bonds is 5. The number of carbonyl (C=O) groups is 1. The Morgan fingerprint density at radius 1 is 1.40 bits per heavy atom. The second-order valence-electron chi connectivity index (χ2n) is 4.96. The summed E-state index contributed by atoms with van der Waals surface area (Å²) in [5, 5.41) is 13.3. The van der Waals surface area contributed by atoms with Crippen molar-refractivity contribution in [1.29, 1.82) is 0 Å². The maximum absolute atomic E-state index is 11.1. The van der Waals surface area contributed by atoms with Gasteiger partial charge in [-0.15, -0.1) is 0 Å². The quantitative estimate of drug-likeness (QED) is 0.881. The molecule has 104 valence electrons. The Balaban J connectivity index is 1.97. The molecule has 0 bridgehead atoms. The fraction of sp³-hybridized carbons (Fsp3) is 0.357. The number of carboxylic acids is 1. The van der Waals surface area contributed by atoms with Crippen molar-refractivity contribution in [3.05, 3.63) is 30.1 Å². The molecule has 2 N–H and O–H groups in total. The molecule has 2 aromatic rings. The van der Waals surface area contributed by atoms with Crippen LogP contribution in [0.3, 0.4) is 0 Å². The number of fused-ring (bicyclic) bond motifs is 1. The van der Waals surface area contributed by atoms with Crippen LogP contribution in [-0.4, -0.2) is 38.6 Å². The minimum absolute atomic E-state index is 0.166. The molecule has 1 aliphatic rings. The number of hydrogen-bond acceptors (Lipinski definition) is 5. The topological polar surface area (TPSA) is 75.1 Å². The lowest BCUT2D eigenvalue weighted by Crippen LogP contribution is -2.19. The predicted molar refractivity (Wildman–Crippen MR) is 80.5 cm³/mol. The fourth-order valence-corrected chi connectivity index (χ4v) is 2.87. The second kappa shape index (κ2) is 4.94. The van der Waals surface area contributed by atoms with Crippen LogP contribution in [0.2, 0.25) is 0 Å². The zero-order valence-electron chi connectivity index (χ0n) is 11.1. The molecular formula is C14H15N3O2S. The largest absolute Gasteiger partial charge is 0.475 e. The van der Waals surface area contributed by atoms with Crippen LogP contribution in [0.15, 0.2) is 24.3 Å². The zero-order chi connectivity index (χ0) is 14.2. The van der Waals surface area contributed by atoms with Gasteiger partial charge in [-0.3, -0.25) is 0 Å². The first-order valence-electron chi connectivity index (χ1n) is 6.43. The van der Waals surface area contributed by atoms with Gasteiger partial charge in [0.2, 0.25) is 5.82 Å². The van der Waals surface area contributed by atoms with E-state index in [1.807, 2.05) is 30.0 Å². The first-order valence-corrected chi connectivity index (χ1v) is 7.65. The molecule has 0 saturated heterocycles. The summed E-state index contributed by atoms with van der Waals surface area (Å²) in [6.07, 6.45) is 4.49. The highest BCUT2D eigenvalue weighted by Crippen LogP contribution is 2.47. The van der Waals surface area contributed by atoms with Gasteiger partial charge in [0, 0.05) is 16.7 Å². The molecule has 3 rings (SSSR count). The third-order valence-corrected chi connectivity index (χ3v) is 5.03. The number of hydrogen-bond donors (Lipinski definition) is 2. The first kappa shape index (κ1) is 13.2. The number of aromatic carboxylic acids is 1. The molecule has 1 aromatic heterocycles. The Bertz CT molecular complexity index is 671. The monoisotopic (exact) mass is 289 g/mol. The second-order valence-corrected chi connectivity index (χ2v) is 6.23. The van der Waals surface area contributed by atoms with Crippen molar-refractivity contribution in [2.24, 2.45) is 0 Å². The van der Waals surface area contributed by atoms with Crippen LogP contribution in [-0.2, 0) is 0 Å². The number of carboxylic acid groups (broad SMARTS) is 1. The Kier molecular flexibility index (Phi) is 3.25. The van der Waals surface area contributed by atoms with E-state index in [4.69, 9.17) is 5.11 Å². The number of anilines is 1. The molecule has 1 aliphatic carbocycles. The lowest BCUT2D eigenvalue weighted by Gasteiger charge is -2.15. The van der Waals surface area contributed by atoms with Crippen molar-refractivity contribution in [1.82, 2.24) is 9.97 Å². The molecule has 1 heterocycles. The van der Waals surface area contributed by atoms with Gasteiger partial charge in [-0.2, -0.15) is 11.8 Å². The van der Waals surface area contributed by atoms with Gasteiger partial charge in [-0.25, -0.2) is 14.8 Å². The predicted octanol–water partition coefficient (Wildman–Crippen LogP) is 2.64. The van der Waals surface area contributed by atoms with E-state index in [1.165, 1.54) is 12.8 Å². The number of thioether (sulfide) groups is 1. The third-order valence-electron chi connectivity index (χ3n) is 3.61. The number of nitrogens with one attached hydrogen (secondary N) is 1. The summed E-state index contributed by atoms with van der Waals surface area (Å²) in [6.45, 7) is 0.800. The Labute approximate surface area is 120 Å². The number of nitrogens with zero attached hydrogens (tertiary/aromatic N) is 2. The van der Waals surface area contributed by atoms with Gasteiger partial charge < -0.3 is 10.4 Å². The lowest BCUT2D eigenvalue weighted by molar-refractivity contribution is 0.0684. The summed E-state index contributed by atoms with van der Waals surface area (Å²) in [7, 11) is 0. The molecule has 0 unspecified atom stereocenters. The van der Waals surface area contributed by atoms with Crippen molar-refractivity contribution in [3.8, 4) is 0 Å². The molecule has 0 spiro atoms. The van der Waals surface area contributed by atoms with Crippen molar-refractivity contribution in [3.63, 3.8) is 0 Å². The van der Waals surface area contributed by atoms with Crippen LogP contribution in [0.25, 0.3) is 10.9 Å². The SMILES string of the molecule is CSC1(CNc2nc(C(=O)O)nc3ccccc23)CC1. The normalized spacial score (nSPS) is 16.1. The smallest absolute Gasteiger partial charge is 0.374 e. The average molecular weight is 289 g/mol. The molecule has 0 aliphatic heterocycles. The van der Waals surface area contributed by atoms with E-state index in [9.17, 15) is 4.79 Å². The zero-order valence-corrected chi connectivity index (χ0v) is 11.9. The summed E-state index contributed by atoms with van der Waals surface area (Å²) in [6, 6.07) is 7.45. The van der Waals surface area contributed by atoms with Crippen LogP contribution in [0.5, 0.6) is 0 Å². The molecule has 1 fully saturated rings. The molecule has 1 saturated carbocycles. The highest BCUT2D eigenvalue weighted by molar-refractivity contribution is 8.00. The van der Waals surface area contributed by atoms with E-state index in [-0.39, 0.29) is 10.6 Å². The van der Waals surface area contributed by atoms with E-state index in [0.717, 1.165) is 11.9 Å². The maximum atomic E-state index is 11.1. The number of benzene rings is 1. The summed E-state index contributed by atoms with van der Waals surface area (Å²) >= 11 is 1.85. The third kappa shape index (κ3) is 2.43. The van der Waals surface area contributed by atoms with Gasteiger partial charge in [0.25, 0.3) is 0 Å². The molecule has 0 atom stereocenters. The van der Waals surface area contributed by atoms with Crippen molar-refractivity contribution in [2.75, 3.05) is 18.1 Å². The molecule has 20 heavy (non-hydrogen) atoms. The van der Waals surface area contributed by atoms with Gasteiger partial charge >= 0.3 is 5.97 Å². The molecule has 1 aromatic carbocycles. The highest BCUT2D eigenvalue weighted by Gasteiger charge is 2.41. The summed E-state index contributed by atoms with van der Waals surface area (Å²) in [5.74, 6) is -0.668. The standard InChI is InChI=1S/C14H15N3O2S/c1-20-14(6-7-14)8-15-11-9-4-2-3-5-10(9)16-12(17-11)13(18)19/h2-5H,6-8H2,1H3,(H,18,19)(H,15,16,17). The van der Waals surface area contributed by atoms with E-state index in [2.05, 4.69) is 21.5 Å². The van der Waals surface area contributed by atoms with E-state index < -0.39 is 5.97 Å². The maximum Gasteiger partial charge on any atom is 0.374 e. The average Bonchev–Trinajstić information content (AvgIpc) is 3.25. The summed E-state index contributed by atoms with van der Waals surface area (Å²) < 4.78 is 0.287. The van der Waals surface area contributed by atoms with E-state index in [1.54, 1.807) is 6.07 Å². The van der Waals surface area contributed by atoms with Crippen LogP contribution in [0, 0.1) is 0 Å². The molecular weight excluding hydrogens is 274 g/mol. The van der Waals surface area contributed by atoms with Crippen LogP contribution in [0.4, 0.5) is 5.82 Å². The Hall–Kier alpha value is -1.82. The molecule has 6 heteroatoms. The number of para-hydroxylation sites is 1. The highest BCUT2D eigenvalue weighted by atomic mass is 32.2. The minimum atomic E-state index is -1.11. The van der Waals surface area contributed by atoms with Gasteiger partial charge in [0.15, 0.2) is 0 Å². The van der Waals surface area contributed by atoms with Gasteiger partial charge in [0.05, 0.1) is 5.52 Å². The van der Waals surface area contributed by atoms with Gasteiger partial charge in [0.1, 0.15) is 5.82 Å². The van der Waals surface area contributed by atoms with Crippen molar-refractivity contribution in [2.45, 2.75) is 17.6 Å². The van der Waals surface area contributed by atoms with Crippen LogP contribution < -0.4 is 5.32 Å². The molecule has 5 nitrogen and oxygen atoms in total. The number of aromatic nitrogens is 2. The summed E-state index contributed by atoms with van der Waals surface area (Å²) in [5.41, 5.74) is 0.649. The minimum Gasteiger partial charge on any atom is -0.475 e. The van der Waals surface area contributed by atoms with Crippen molar-refractivity contribution < 1.29 is 9.90 Å².